The first-order valence-electron chi connectivity index (χ1n) is 5.75. The van der Waals surface area contributed by atoms with E-state index < -0.39 is 0 Å². The zero-order chi connectivity index (χ0) is 10.7. The lowest BCUT2D eigenvalue weighted by Gasteiger charge is -2.18. The summed E-state index contributed by atoms with van der Waals surface area (Å²) >= 11 is 5.79. The molecule has 1 amide bonds. The van der Waals surface area contributed by atoms with Gasteiger partial charge in [0, 0.05) is 25.6 Å². The number of hydrogen-bond acceptors (Lipinski definition) is 2. The van der Waals surface area contributed by atoms with Gasteiger partial charge >= 0.3 is 0 Å². The van der Waals surface area contributed by atoms with Gasteiger partial charge in [0.2, 0.25) is 5.91 Å². The largest absolute Gasteiger partial charge is 0.378 e. The molecule has 2 atom stereocenters. The number of carbonyl (C=O) groups is 1. The van der Waals surface area contributed by atoms with Gasteiger partial charge in [-0.15, -0.1) is 11.6 Å². The van der Waals surface area contributed by atoms with Crippen LogP contribution in [-0.2, 0) is 9.53 Å². The first kappa shape index (κ1) is 11.2. The molecule has 0 aromatic heterocycles. The van der Waals surface area contributed by atoms with Crippen molar-refractivity contribution in [2.24, 2.45) is 5.92 Å². The van der Waals surface area contributed by atoms with Crippen molar-refractivity contribution in [2.75, 3.05) is 25.6 Å². The van der Waals surface area contributed by atoms with Crippen molar-refractivity contribution in [3.63, 3.8) is 0 Å². The van der Waals surface area contributed by atoms with Crippen LogP contribution in [-0.4, -0.2) is 42.5 Å². The van der Waals surface area contributed by atoms with Crippen LogP contribution >= 0.6 is 11.6 Å². The molecule has 0 aliphatic carbocycles. The van der Waals surface area contributed by atoms with Crippen LogP contribution in [0.2, 0.25) is 0 Å². The van der Waals surface area contributed by atoms with Crippen LogP contribution in [0, 0.1) is 5.92 Å². The molecule has 0 aromatic carbocycles. The van der Waals surface area contributed by atoms with Gasteiger partial charge < -0.3 is 9.64 Å². The van der Waals surface area contributed by atoms with Crippen LogP contribution in [0.15, 0.2) is 0 Å². The summed E-state index contributed by atoms with van der Waals surface area (Å²) in [5, 5.41) is 0. The number of likely N-dealkylation sites (tertiary alicyclic amines) is 1. The van der Waals surface area contributed by atoms with Crippen molar-refractivity contribution in [1.82, 2.24) is 4.90 Å². The molecule has 0 saturated carbocycles. The Balaban J connectivity index is 1.76. The molecule has 0 radical (unpaired) electrons. The molecule has 2 aliphatic heterocycles. The Morgan fingerprint density at radius 1 is 1.47 bits per heavy atom. The van der Waals surface area contributed by atoms with Gasteiger partial charge in [0.1, 0.15) is 0 Å². The Labute approximate surface area is 95.7 Å². The predicted octanol–water partition coefficient (Wildman–Crippen LogP) is 1.64. The highest BCUT2D eigenvalue weighted by atomic mass is 35.5. The number of alkyl halides is 1. The Morgan fingerprint density at radius 3 is 2.93 bits per heavy atom. The van der Waals surface area contributed by atoms with Crippen LogP contribution in [0.25, 0.3) is 0 Å². The van der Waals surface area contributed by atoms with Crippen LogP contribution < -0.4 is 0 Å². The van der Waals surface area contributed by atoms with Crippen LogP contribution in [0.3, 0.4) is 0 Å². The maximum atomic E-state index is 11.9. The van der Waals surface area contributed by atoms with Crippen molar-refractivity contribution in [2.45, 2.75) is 31.8 Å². The topological polar surface area (TPSA) is 29.5 Å². The molecule has 0 N–H and O–H groups in total. The van der Waals surface area contributed by atoms with Gasteiger partial charge in [0.25, 0.3) is 0 Å². The molecule has 15 heavy (non-hydrogen) atoms. The average molecular weight is 232 g/mol. The average Bonchev–Trinajstić information content (AvgIpc) is 2.86. The van der Waals surface area contributed by atoms with Crippen molar-refractivity contribution < 1.29 is 9.53 Å². The standard InChI is InChI=1S/C11H18ClNO2/c12-7-9-3-4-13(8-9)11(14)6-10-2-1-5-15-10/h9-10H,1-8H2. The fraction of sp³-hybridized carbons (Fsp3) is 0.909. The third-order valence-electron chi connectivity index (χ3n) is 3.28. The van der Waals surface area contributed by atoms with E-state index in [2.05, 4.69) is 0 Å². The fourth-order valence-corrected chi connectivity index (χ4v) is 2.57. The van der Waals surface area contributed by atoms with E-state index in [1.807, 2.05) is 4.90 Å². The van der Waals surface area contributed by atoms with Crippen LogP contribution in [0.5, 0.6) is 0 Å². The minimum absolute atomic E-state index is 0.174. The highest BCUT2D eigenvalue weighted by Gasteiger charge is 2.28. The van der Waals surface area contributed by atoms with Gasteiger partial charge in [0.15, 0.2) is 0 Å². The van der Waals surface area contributed by atoms with Crippen LogP contribution in [0.1, 0.15) is 25.7 Å². The number of nitrogens with zero attached hydrogens (tertiary/aromatic N) is 1. The molecule has 2 rings (SSSR count). The molecule has 86 valence electrons. The van der Waals surface area contributed by atoms with E-state index in [4.69, 9.17) is 16.3 Å². The lowest BCUT2D eigenvalue weighted by molar-refractivity contribution is -0.132. The van der Waals surface area contributed by atoms with Crippen molar-refractivity contribution in [3.05, 3.63) is 0 Å². The molecule has 2 fully saturated rings. The molecular weight excluding hydrogens is 214 g/mol. The first-order valence-corrected chi connectivity index (χ1v) is 6.28. The van der Waals surface area contributed by atoms with E-state index in [0.717, 1.165) is 39.0 Å². The molecular formula is C11H18ClNO2. The fourth-order valence-electron chi connectivity index (χ4n) is 2.31. The van der Waals surface area contributed by atoms with Crippen molar-refractivity contribution in [3.8, 4) is 0 Å². The van der Waals surface area contributed by atoms with Crippen LogP contribution in [0.4, 0.5) is 0 Å². The lowest BCUT2D eigenvalue weighted by Crippen LogP contribution is -2.31. The van der Waals surface area contributed by atoms with E-state index >= 15 is 0 Å². The van der Waals surface area contributed by atoms with E-state index in [9.17, 15) is 4.79 Å². The summed E-state index contributed by atoms with van der Waals surface area (Å²) in [5.41, 5.74) is 0. The van der Waals surface area contributed by atoms with Gasteiger partial charge in [-0.2, -0.15) is 0 Å². The van der Waals surface area contributed by atoms with Crippen molar-refractivity contribution in [1.29, 1.82) is 0 Å². The molecule has 0 spiro atoms. The van der Waals surface area contributed by atoms with Gasteiger partial charge in [0.05, 0.1) is 12.5 Å². The quantitative estimate of drug-likeness (QED) is 0.692. The van der Waals surface area contributed by atoms with Crippen molar-refractivity contribution >= 4 is 17.5 Å². The summed E-state index contributed by atoms with van der Waals surface area (Å²) in [6, 6.07) is 0. The summed E-state index contributed by atoms with van der Waals surface area (Å²) in [6.07, 6.45) is 3.93. The Bertz CT molecular complexity index is 229. The summed E-state index contributed by atoms with van der Waals surface area (Å²) in [5.74, 6) is 1.42. The Hall–Kier alpha value is -0.280. The maximum absolute atomic E-state index is 11.9. The number of amides is 1. The third kappa shape index (κ3) is 2.85. The highest BCUT2D eigenvalue weighted by Crippen LogP contribution is 2.21. The van der Waals surface area contributed by atoms with Gasteiger partial charge in [-0.1, -0.05) is 0 Å². The summed E-state index contributed by atoms with van der Waals surface area (Å²) < 4.78 is 5.46. The highest BCUT2D eigenvalue weighted by molar-refractivity contribution is 6.18. The summed E-state index contributed by atoms with van der Waals surface area (Å²) in [6.45, 7) is 2.54. The second kappa shape index (κ2) is 5.17. The molecule has 2 saturated heterocycles. The SMILES string of the molecule is O=C(CC1CCCO1)N1CCC(CCl)C1. The van der Waals surface area contributed by atoms with E-state index in [1.165, 1.54) is 0 Å². The number of ether oxygens (including phenoxy) is 1. The normalized spacial score (nSPS) is 31.1. The smallest absolute Gasteiger partial charge is 0.225 e. The molecule has 2 heterocycles. The minimum Gasteiger partial charge on any atom is -0.378 e. The monoisotopic (exact) mass is 231 g/mol. The first-order chi connectivity index (χ1) is 7.29. The summed E-state index contributed by atoms with van der Waals surface area (Å²) in [7, 11) is 0. The minimum atomic E-state index is 0.174. The molecule has 3 nitrogen and oxygen atoms in total. The van der Waals surface area contributed by atoms with E-state index in [1.54, 1.807) is 0 Å². The maximum Gasteiger partial charge on any atom is 0.225 e. The van der Waals surface area contributed by atoms with Gasteiger partial charge in [-0.05, 0) is 25.2 Å². The molecule has 0 bridgehead atoms. The number of carbonyl (C=O) groups excluding carboxylic acids is 1. The van der Waals surface area contributed by atoms with Gasteiger partial charge in [-0.25, -0.2) is 0 Å². The molecule has 0 aromatic rings. The number of halogens is 1. The molecule has 2 aliphatic rings. The zero-order valence-electron chi connectivity index (χ0n) is 8.95. The Morgan fingerprint density at radius 2 is 2.33 bits per heavy atom. The predicted molar refractivity (Wildman–Crippen MR) is 59.0 cm³/mol. The summed E-state index contributed by atoms with van der Waals surface area (Å²) in [4.78, 5) is 13.8. The van der Waals surface area contributed by atoms with E-state index in [-0.39, 0.29) is 12.0 Å². The lowest BCUT2D eigenvalue weighted by atomic mass is 10.1. The molecule has 4 heteroatoms. The third-order valence-corrected chi connectivity index (χ3v) is 3.72. The Kier molecular flexibility index (Phi) is 3.87. The second-order valence-electron chi connectivity index (χ2n) is 4.49. The number of rotatable bonds is 3. The number of hydrogen-bond donors (Lipinski definition) is 0. The second-order valence-corrected chi connectivity index (χ2v) is 4.80. The molecule has 2 unspecified atom stereocenters. The van der Waals surface area contributed by atoms with E-state index in [0.29, 0.717) is 18.2 Å². The van der Waals surface area contributed by atoms with Gasteiger partial charge in [-0.3, -0.25) is 4.79 Å². The zero-order valence-corrected chi connectivity index (χ0v) is 9.71.